The Morgan fingerprint density at radius 2 is 1.79 bits per heavy atom. The fourth-order valence-electron chi connectivity index (χ4n) is 7.52. The van der Waals surface area contributed by atoms with E-state index in [0.29, 0.717) is 11.3 Å². The highest BCUT2D eigenvalue weighted by Crippen LogP contribution is 2.67. The third-order valence-electron chi connectivity index (χ3n) is 8.92. The van der Waals surface area contributed by atoms with Crippen molar-refractivity contribution in [2.24, 2.45) is 34.5 Å². The average Bonchev–Trinajstić information content (AvgIpc) is 3.15. The average molecular weight is 332 g/mol. The van der Waals surface area contributed by atoms with Crippen LogP contribution in [0.25, 0.3) is 0 Å². The minimum atomic E-state index is -0.441. The van der Waals surface area contributed by atoms with Gasteiger partial charge in [-0.2, -0.15) is 0 Å². The predicted octanol–water partition coefficient (Wildman–Crippen LogP) is 3.91. The number of hydrogen-bond donors (Lipinski definition) is 1. The summed E-state index contributed by atoms with van der Waals surface area (Å²) in [6.45, 7) is 6.43. The first-order valence-electron chi connectivity index (χ1n) is 10.1. The van der Waals surface area contributed by atoms with Gasteiger partial charge in [-0.25, -0.2) is 0 Å². The Kier molecular flexibility index (Phi) is 3.35. The van der Waals surface area contributed by atoms with Crippen LogP contribution in [0.5, 0.6) is 0 Å². The molecule has 0 bridgehead atoms. The van der Waals surface area contributed by atoms with Crippen molar-refractivity contribution in [3.05, 3.63) is 12.2 Å². The van der Waals surface area contributed by atoms with Gasteiger partial charge in [-0.15, -0.1) is 0 Å². The lowest BCUT2D eigenvalue weighted by Gasteiger charge is -2.61. The van der Waals surface area contributed by atoms with Gasteiger partial charge in [0.05, 0.1) is 19.3 Å². The summed E-state index contributed by atoms with van der Waals surface area (Å²) in [4.78, 5) is 0. The first kappa shape index (κ1) is 15.8. The molecule has 1 N–H and O–H groups in total. The van der Waals surface area contributed by atoms with Gasteiger partial charge in [-0.3, -0.25) is 0 Å². The van der Waals surface area contributed by atoms with E-state index in [2.05, 4.69) is 26.0 Å². The molecule has 24 heavy (non-hydrogen) atoms. The van der Waals surface area contributed by atoms with E-state index >= 15 is 0 Å². The molecule has 0 aromatic heterocycles. The number of rotatable bonds is 0. The van der Waals surface area contributed by atoms with Crippen LogP contribution >= 0.6 is 0 Å². The second-order valence-electron chi connectivity index (χ2n) is 9.68. The number of fused-ring (bicyclic) bond motifs is 6. The molecule has 134 valence electrons. The van der Waals surface area contributed by atoms with Crippen molar-refractivity contribution in [2.45, 2.75) is 70.7 Å². The molecule has 5 aliphatic rings. The molecular weight excluding hydrogens is 300 g/mol. The van der Waals surface area contributed by atoms with Crippen molar-refractivity contribution in [3.63, 3.8) is 0 Å². The molecule has 1 aliphatic heterocycles. The van der Waals surface area contributed by atoms with Crippen LogP contribution in [0.3, 0.4) is 0 Å². The minimum absolute atomic E-state index is 0.0524. The normalized spacial score (nSPS) is 55.2. The number of aliphatic hydroxyl groups excluding tert-OH is 1. The van der Waals surface area contributed by atoms with Crippen molar-refractivity contribution >= 4 is 0 Å². The topological polar surface area (TPSA) is 38.7 Å². The number of ether oxygens (including phenoxy) is 2. The zero-order chi connectivity index (χ0) is 16.6. The Morgan fingerprint density at radius 3 is 2.58 bits per heavy atom. The number of aliphatic hydroxyl groups is 1. The zero-order valence-electron chi connectivity index (χ0n) is 15.2. The Bertz CT molecular complexity index is 551. The summed E-state index contributed by atoms with van der Waals surface area (Å²) in [5, 5.41) is 10.1. The molecule has 3 heteroatoms. The molecular formula is C21H32O3. The second-order valence-corrected chi connectivity index (χ2v) is 9.68. The standard InChI is InChI=1S/C21H32O3/c1-19-8-5-15(22)13-14(19)3-4-16-17(19)6-9-20(2)18(16)7-10-21(20)23-11-12-24-21/h7,10,14-18,22H,3-6,8-9,11-13H2,1-2H3/t14?,15-,16+,17?,18?,19-,20-/m1/s1. The van der Waals surface area contributed by atoms with Gasteiger partial charge in [0.15, 0.2) is 5.79 Å². The molecule has 0 aromatic rings. The molecule has 5 rings (SSSR count). The molecule has 3 unspecified atom stereocenters. The fraction of sp³-hybridized carbons (Fsp3) is 0.905. The molecule has 1 heterocycles. The third-order valence-corrected chi connectivity index (χ3v) is 8.92. The largest absolute Gasteiger partial charge is 0.393 e. The van der Waals surface area contributed by atoms with E-state index in [9.17, 15) is 5.11 Å². The van der Waals surface area contributed by atoms with Crippen LogP contribution < -0.4 is 0 Å². The summed E-state index contributed by atoms with van der Waals surface area (Å²) < 4.78 is 12.3. The van der Waals surface area contributed by atoms with Crippen LogP contribution in [0.1, 0.15) is 58.8 Å². The number of hydrogen-bond acceptors (Lipinski definition) is 3. The lowest BCUT2D eigenvalue weighted by molar-refractivity contribution is -0.230. The molecule has 0 radical (unpaired) electrons. The Balaban J connectivity index is 1.46. The molecule has 4 fully saturated rings. The molecule has 7 atom stereocenters. The Hall–Kier alpha value is -0.380. The van der Waals surface area contributed by atoms with Crippen LogP contribution in [0.2, 0.25) is 0 Å². The monoisotopic (exact) mass is 332 g/mol. The summed E-state index contributed by atoms with van der Waals surface area (Å²) in [6.07, 6.45) is 13.0. The third kappa shape index (κ3) is 1.84. The lowest BCUT2D eigenvalue weighted by Crippen LogP contribution is -2.57. The smallest absolute Gasteiger partial charge is 0.193 e. The van der Waals surface area contributed by atoms with E-state index in [0.717, 1.165) is 43.8 Å². The molecule has 4 aliphatic carbocycles. The molecule has 3 nitrogen and oxygen atoms in total. The van der Waals surface area contributed by atoms with Crippen molar-refractivity contribution in [1.29, 1.82) is 0 Å². The van der Waals surface area contributed by atoms with E-state index in [1.165, 1.54) is 32.1 Å². The zero-order valence-corrected chi connectivity index (χ0v) is 15.2. The highest BCUT2D eigenvalue weighted by molar-refractivity contribution is 5.24. The lowest BCUT2D eigenvalue weighted by atomic mass is 9.45. The first-order chi connectivity index (χ1) is 11.5. The molecule has 1 saturated heterocycles. The van der Waals surface area contributed by atoms with E-state index in [-0.39, 0.29) is 11.5 Å². The van der Waals surface area contributed by atoms with Gasteiger partial charge < -0.3 is 14.6 Å². The van der Waals surface area contributed by atoms with Crippen molar-refractivity contribution < 1.29 is 14.6 Å². The number of allylic oxidation sites excluding steroid dienone is 1. The van der Waals surface area contributed by atoms with Gasteiger partial charge >= 0.3 is 0 Å². The van der Waals surface area contributed by atoms with Gasteiger partial charge in [-0.1, -0.05) is 19.9 Å². The van der Waals surface area contributed by atoms with Gasteiger partial charge in [0, 0.05) is 5.41 Å². The van der Waals surface area contributed by atoms with E-state index < -0.39 is 5.79 Å². The molecule has 0 aromatic carbocycles. The quantitative estimate of drug-likeness (QED) is 0.684. The minimum Gasteiger partial charge on any atom is -0.393 e. The van der Waals surface area contributed by atoms with Crippen LogP contribution in [-0.4, -0.2) is 30.2 Å². The van der Waals surface area contributed by atoms with Gasteiger partial charge in [-0.05, 0) is 80.1 Å². The van der Waals surface area contributed by atoms with Crippen LogP contribution in [0.15, 0.2) is 12.2 Å². The maximum atomic E-state index is 10.1. The summed E-state index contributed by atoms with van der Waals surface area (Å²) >= 11 is 0. The maximum Gasteiger partial charge on any atom is 0.193 e. The molecule has 1 spiro atoms. The van der Waals surface area contributed by atoms with Gasteiger partial charge in [0.25, 0.3) is 0 Å². The van der Waals surface area contributed by atoms with Crippen LogP contribution in [0, 0.1) is 34.5 Å². The van der Waals surface area contributed by atoms with Gasteiger partial charge in [0.1, 0.15) is 0 Å². The summed E-state index contributed by atoms with van der Waals surface area (Å²) in [5.41, 5.74) is 0.548. The van der Waals surface area contributed by atoms with Crippen molar-refractivity contribution in [1.82, 2.24) is 0 Å². The second kappa shape index (κ2) is 5.08. The van der Waals surface area contributed by atoms with E-state index in [1.54, 1.807) is 0 Å². The van der Waals surface area contributed by atoms with Crippen LogP contribution in [-0.2, 0) is 9.47 Å². The van der Waals surface area contributed by atoms with Crippen LogP contribution in [0.4, 0.5) is 0 Å². The first-order valence-corrected chi connectivity index (χ1v) is 10.1. The fourth-order valence-corrected chi connectivity index (χ4v) is 7.52. The highest BCUT2D eigenvalue weighted by Gasteiger charge is 2.65. The SMILES string of the molecule is C[C@@]12CC[C@@H](O)CC1CC[C@H]1C2CC[C@]2(C)C1C=CC21OCCO1. The highest BCUT2D eigenvalue weighted by atomic mass is 16.7. The molecule has 0 amide bonds. The Morgan fingerprint density at radius 1 is 1.00 bits per heavy atom. The summed E-state index contributed by atoms with van der Waals surface area (Å²) in [7, 11) is 0. The maximum absolute atomic E-state index is 10.1. The van der Waals surface area contributed by atoms with E-state index in [4.69, 9.17) is 9.47 Å². The summed E-state index contributed by atoms with van der Waals surface area (Å²) in [5.74, 6) is 2.46. The van der Waals surface area contributed by atoms with E-state index in [1.807, 2.05) is 0 Å². The Labute approximate surface area is 145 Å². The van der Waals surface area contributed by atoms with Crippen molar-refractivity contribution in [3.8, 4) is 0 Å². The molecule has 3 saturated carbocycles. The van der Waals surface area contributed by atoms with Gasteiger partial charge in [0.2, 0.25) is 0 Å². The predicted molar refractivity (Wildman–Crippen MR) is 92.3 cm³/mol. The van der Waals surface area contributed by atoms with Crippen molar-refractivity contribution in [2.75, 3.05) is 13.2 Å². The summed E-state index contributed by atoms with van der Waals surface area (Å²) in [6, 6.07) is 0.